The highest BCUT2D eigenvalue weighted by molar-refractivity contribution is 7.92. The van der Waals surface area contributed by atoms with Crippen LogP contribution >= 0.6 is 0 Å². The maximum atomic E-state index is 13.4. The first-order valence-electron chi connectivity index (χ1n) is 10.0. The van der Waals surface area contributed by atoms with Crippen LogP contribution in [0.4, 0.5) is 11.4 Å². The third-order valence-electron chi connectivity index (χ3n) is 5.43. The summed E-state index contributed by atoms with van der Waals surface area (Å²) in [7, 11) is -4.11. The molecule has 0 aliphatic carbocycles. The molecule has 8 nitrogen and oxygen atoms in total. The Balaban J connectivity index is 1.67. The minimum absolute atomic E-state index is 0.0187. The smallest absolute Gasteiger partial charge is 0.264 e. The summed E-state index contributed by atoms with van der Waals surface area (Å²) < 4.78 is 27.8. The van der Waals surface area contributed by atoms with Crippen molar-refractivity contribution in [2.45, 2.75) is 17.9 Å². The summed E-state index contributed by atoms with van der Waals surface area (Å²) in [5, 5.41) is 20.3. The lowest BCUT2D eigenvalue weighted by Crippen LogP contribution is -2.44. The first-order valence-corrected chi connectivity index (χ1v) is 11.5. The highest BCUT2D eigenvalue weighted by atomic mass is 32.2. The highest BCUT2D eigenvalue weighted by Crippen LogP contribution is 2.28. The minimum atomic E-state index is -4.11. The molecule has 166 valence electrons. The minimum Gasteiger partial charge on any atom is -0.733 e. The van der Waals surface area contributed by atoms with Crippen LogP contribution in [0.25, 0.3) is 0 Å². The summed E-state index contributed by atoms with van der Waals surface area (Å²) in [5.74, 6) is -0.354. The average molecular weight is 453 g/mol. The van der Waals surface area contributed by atoms with Gasteiger partial charge in [0.1, 0.15) is 6.54 Å². The van der Waals surface area contributed by atoms with Crippen molar-refractivity contribution >= 4 is 27.3 Å². The van der Waals surface area contributed by atoms with Crippen LogP contribution in [0.3, 0.4) is 0 Å². The molecule has 0 spiro atoms. The largest absolute Gasteiger partial charge is 0.733 e. The van der Waals surface area contributed by atoms with Gasteiger partial charge in [-0.1, -0.05) is 48.5 Å². The van der Waals surface area contributed by atoms with Gasteiger partial charge in [0.2, 0.25) is 5.91 Å². The van der Waals surface area contributed by atoms with Crippen molar-refractivity contribution in [2.24, 2.45) is 0 Å². The van der Waals surface area contributed by atoms with E-state index in [-0.39, 0.29) is 27.4 Å². The van der Waals surface area contributed by atoms with Crippen molar-refractivity contribution in [1.82, 2.24) is 4.90 Å². The lowest BCUT2D eigenvalue weighted by Gasteiger charge is -2.32. The summed E-state index contributed by atoms with van der Waals surface area (Å²) in [4.78, 5) is 14.8. The molecule has 0 unspecified atom stereocenters. The number of amides is 1. The van der Waals surface area contributed by atoms with Crippen LogP contribution in [0.1, 0.15) is 11.1 Å². The Kier molecular flexibility index (Phi) is 6.13. The van der Waals surface area contributed by atoms with Gasteiger partial charge in [0.15, 0.2) is 0 Å². The predicted molar refractivity (Wildman–Crippen MR) is 121 cm³/mol. The second-order valence-corrected chi connectivity index (χ2v) is 9.31. The topological polar surface area (TPSA) is 104 Å². The predicted octanol–water partition coefficient (Wildman–Crippen LogP) is 3.16. The van der Waals surface area contributed by atoms with Crippen LogP contribution in [-0.4, -0.2) is 37.5 Å². The Morgan fingerprint density at radius 2 is 1.59 bits per heavy atom. The molecular formula is C23H22N3O5S-. The maximum Gasteiger partial charge on any atom is 0.264 e. The molecule has 0 saturated carbocycles. The lowest BCUT2D eigenvalue weighted by molar-refractivity contribution is -0.130. The summed E-state index contributed by atoms with van der Waals surface area (Å²) in [6.07, 6.45) is 0.693. The lowest BCUT2D eigenvalue weighted by atomic mass is 10.00. The van der Waals surface area contributed by atoms with Gasteiger partial charge in [-0.25, -0.2) is 8.42 Å². The first kappa shape index (κ1) is 21.8. The summed E-state index contributed by atoms with van der Waals surface area (Å²) >= 11 is 0. The van der Waals surface area contributed by atoms with Crippen molar-refractivity contribution in [3.05, 3.63) is 95.2 Å². The Morgan fingerprint density at radius 1 is 0.938 bits per heavy atom. The monoisotopic (exact) mass is 452 g/mol. The van der Waals surface area contributed by atoms with Crippen LogP contribution in [0.2, 0.25) is 0 Å². The number of nitrogens with zero attached hydrogens (tertiary/aromatic N) is 3. The van der Waals surface area contributed by atoms with Crippen molar-refractivity contribution in [1.29, 1.82) is 0 Å². The zero-order chi connectivity index (χ0) is 22.7. The van der Waals surface area contributed by atoms with Gasteiger partial charge in [0.25, 0.3) is 10.0 Å². The molecule has 9 heteroatoms. The van der Waals surface area contributed by atoms with Crippen LogP contribution < -0.4 is 9.53 Å². The second-order valence-electron chi connectivity index (χ2n) is 7.45. The number of benzene rings is 3. The molecule has 0 fully saturated rings. The molecule has 4 rings (SSSR count). The maximum absolute atomic E-state index is 13.4. The van der Waals surface area contributed by atoms with Gasteiger partial charge in [-0.3, -0.25) is 14.3 Å². The molecule has 1 N–H and O–H groups in total. The number of hydrogen-bond donors (Lipinski definition) is 1. The Hall–Kier alpha value is -3.40. The SMILES string of the molecule is O=C(CN(c1cccc(N([O-])O)c1)S(=O)(=O)c1ccccc1)N1CCc2ccccc2C1. The number of carbonyl (C=O) groups excluding carboxylic acids is 1. The quantitative estimate of drug-likeness (QED) is 0.576. The van der Waals surface area contributed by atoms with E-state index in [0.717, 1.165) is 9.87 Å². The first-order chi connectivity index (χ1) is 15.4. The Morgan fingerprint density at radius 3 is 2.31 bits per heavy atom. The number of sulfonamides is 1. The van der Waals surface area contributed by atoms with E-state index in [1.807, 2.05) is 24.3 Å². The summed E-state index contributed by atoms with van der Waals surface area (Å²) in [6, 6.07) is 21.1. The van der Waals surface area contributed by atoms with Crippen molar-refractivity contribution in [3.63, 3.8) is 0 Å². The molecule has 32 heavy (non-hydrogen) atoms. The van der Waals surface area contributed by atoms with Crippen LogP contribution in [0.15, 0.2) is 83.8 Å². The third-order valence-corrected chi connectivity index (χ3v) is 7.22. The second kappa shape index (κ2) is 8.99. The molecule has 0 saturated heterocycles. The normalized spacial score (nSPS) is 13.4. The van der Waals surface area contributed by atoms with E-state index in [0.29, 0.717) is 19.5 Å². The molecule has 1 amide bonds. The molecule has 1 aliphatic rings. The average Bonchev–Trinajstić information content (AvgIpc) is 2.82. The number of fused-ring (bicyclic) bond motifs is 1. The van der Waals surface area contributed by atoms with Gasteiger partial charge < -0.3 is 15.3 Å². The standard InChI is InChI=1S/C23H22N3O5S/c27-23(24-14-13-18-7-4-5-8-19(18)16-24)17-25(20-9-6-10-21(15-20)26(28)29)32(30,31)22-11-2-1-3-12-22/h1-12,15,28H,13-14,16-17H2/q-1. The van der Waals surface area contributed by atoms with Crippen LogP contribution in [-0.2, 0) is 27.8 Å². The highest BCUT2D eigenvalue weighted by Gasteiger charge is 2.30. The molecule has 1 heterocycles. The van der Waals surface area contributed by atoms with Crippen molar-refractivity contribution in [3.8, 4) is 0 Å². The Labute approximate surface area is 186 Å². The molecule has 3 aromatic rings. The van der Waals surface area contributed by atoms with E-state index in [1.165, 1.54) is 42.0 Å². The number of hydrogen-bond acceptors (Lipinski definition) is 6. The van der Waals surface area contributed by atoms with Crippen molar-refractivity contribution in [2.75, 3.05) is 22.6 Å². The third kappa shape index (κ3) is 4.45. The van der Waals surface area contributed by atoms with E-state index in [4.69, 9.17) is 0 Å². The zero-order valence-electron chi connectivity index (χ0n) is 17.2. The van der Waals surface area contributed by atoms with E-state index >= 15 is 0 Å². The summed E-state index contributed by atoms with van der Waals surface area (Å²) in [6.45, 7) is 0.451. The van der Waals surface area contributed by atoms with E-state index in [1.54, 1.807) is 23.1 Å². The molecule has 1 aliphatic heterocycles. The van der Waals surface area contributed by atoms with Gasteiger partial charge in [-0.2, -0.15) is 0 Å². The van der Waals surface area contributed by atoms with Crippen LogP contribution in [0, 0.1) is 5.21 Å². The fourth-order valence-electron chi connectivity index (χ4n) is 3.73. The molecule has 0 aromatic heterocycles. The number of carbonyl (C=O) groups is 1. The fourth-order valence-corrected chi connectivity index (χ4v) is 5.16. The van der Waals surface area contributed by atoms with Crippen molar-refractivity contribution < 1.29 is 18.4 Å². The fraction of sp³-hybridized carbons (Fsp3) is 0.174. The van der Waals surface area contributed by atoms with E-state index in [9.17, 15) is 23.6 Å². The Bertz CT molecular complexity index is 1220. The van der Waals surface area contributed by atoms with Crippen LogP contribution in [0.5, 0.6) is 0 Å². The van der Waals surface area contributed by atoms with Gasteiger partial charge in [-0.15, -0.1) is 0 Å². The van der Waals surface area contributed by atoms with Gasteiger partial charge in [0, 0.05) is 13.1 Å². The van der Waals surface area contributed by atoms with E-state index in [2.05, 4.69) is 0 Å². The molecule has 0 atom stereocenters. The van der Waals surface area contributed by atoms with Gasteiger partial charge >= 0.3 is 0 Å². The number of rotatable bonds is 6. The van der Waals surface area contributed by atoms with Gasteiger partial charge in [-0.05, 0) is 47.9 Å². The molecule has 0 radical (unpaired) electrons. The van der Waals surface area contributed by atoms with Gasteiger partial charge in [0.05, 0.1) is 16.3 Å². The molecular weight excluding hydrogens is 430 g/mol. The zero-order valence-corrected chi connectivity index (χ0v) is 18.0. The van der Waals surface area contributed by atoms with E-state index < -0.39 is 16.6 Å². The number of anilines is 2. The summed E-state index contributed by atoms with van der Waals surface area (Å²) in [5.41, 5.74) is 2.17. The molecule has 0 bridgehead atoms. The molecule has 3 aromatic carbocycles.